The molecule has 2 atom stereocenters. The molecule has 0 saturated carbocycles. The van der Waals surface area contributed by atoms with E-state index in [1.807, 2.05) is 0 Å². The van der Waals surface area contributed by atoms with Gasteiger partial charge < -0.3 is 19.9 Å². The molecule has 0 unspecified atom stereocenters. The van der Waals surface area contributed by atoms with Crippen LogP contribution < -0.4 is 5.32 Å². The molecular weight excluding hydrogens is 286 g/mol. The third-order valence-corrected chi connectivity index (χ3v) is 2.67. The number of hydrogen-bond donors (Lipinski definition) is 2. The van der Waals surface area contributed by atoms with Gasteiger partial charge in [0, 0.05) is 0 Å². The minimum absolute atomic E-state index is 0.146. The summed E-state index contributed by atoms with van der Waals surface area (Å²) in [7, 11) is 0. The molecule has 0 aromatic heterocycles. The second-order valence-corrected chi connectivity index (χ2v) is 5.73. The second kappa shape index (κ2) is 7.79. The van der Waals surface area contributed by atoms with E-state index in [-0.39, 0.29) is 6.61 Å². The molecule has 0 aliphatic rings. The largest absolute Gasteiger partial charge is 0.464 e. The first-order chi connectivity index (χ1) is 10.2. The number of carbonyl (C=O) groups excluding carboxylic acids is 2. The Hall–Kier alpha value is -2.08. The topological polar surface area (TPSA) is 84.9 Å². The molecular formula is C16H23NO5. The molecule has 1 aromatic rings. The van der Waals surface area contributed by atoms with E-state index in [1.165, 1.54) is 0 Å². The van der Waals surface area contributed by atoms with Crippen LogP contribution >= 0.6 is 0 Å². The van der Waals surface area contributed by atoms with Crippen LogP contribution in [0.3, 0.4) is 0 Å². The van der Waals surface area contributed by atoms with Crippen molar-refractivity contribution in [3.8, 4) is 0 Å². The number of alkyl carbamates (subject to hydrolysis) is 1. The van der Waals surface area contributed by atoms with E-state index in [1.54, 1.807) is 58.0 Å². The molecule has 0 spiro atoms. The fourth-order valence-electron chi connectivity index (χ4n) is 1.78. The summed E-state index contributed by atoms with van der Waals surface area (Å²) in [6.45, 7) is 6.92. The maximum absolute atomic E-state index is 12.0. The van der Waals surface area contributed by atoms with Crippen molar-refractivity contribution in [1.82, 2.24) is 5.32 Å². The van der Waals surface area contributed by atoms with Gasteiger partial charge in [0.25, 0.3) is 0 Å². The predicted octanol–water partition coefficient (Wildman–Crippen LogP) is 2.18. The molecule has 6 nitrogen and oxygen atoms in total. The van der Waals surface area contributed by atoms with Crippen LogP contribution in [0, 0.1) is 0 Å². The highest BCUT2D eigenvalue weighted by Gasteiger charge is 2.32. The average molecular weight is 309 g/mol. The van der Waals surface area contributed by atoms with E-state index in [0.717, 1.165) is 0 Å². The molecule has 0 radical (unpaired) electrons. The predicted molar refractivity (Wildman–Crippen MR) is 81.2 cm³/mol. The lowest BCUT2D eigenvalue weighted by atomic mass is 10.0. The van der Waals surface area contributed by atoms with Crippen molar-refractivity contribution >= 4 is 12.1 Å². The third-order valence-electron chi connectivity index (χ3n) is 2.67. The molecule has 0 bridgehead atoms. The first-order valence-corrected chi connectivity index (χ1v) is 7.13. The van der Waals surface area contributed by atoms with Crippen molar-refractivity contribution in [3.63, 3.8) is 0 Å². The van der Waals surface area contributed by atoms with Gasteiger partial charge in [0.1, 0.15) is 11.7 Å². The van der Waals surface area contributed by atoms with E-state index in [9.17, 15) is 14.7 Å². The van der Waals surface area contributed by atoms with Gasteiger partial charge in [0.15, 0.2) is 6.04 Å². The molecule has 6 heteroatoms. The molecule has 2 N–H and O–H groups in total. The number of aliphatic hydroxyl groups is 1. The maximum atomic E-state index is 12.0. The minimum Gasteiger partial charge on any atom is -0.464 e. The molecule has 22 heavy (non-hydrogen) atoms. The van der Waals surface area contributed by atoms with Gasteiger partial charge in [-0.05, 0) is 33.3 Å². The van der Waals surface area contributed by atoms with Gasteiger partial charge in [-0.1, -0.05) is 30.3 Å². The second-order valence-electron chi connectivity index (χ2n) is 5.73. The Bertz CT molecular complexity index is 495. The number of amides is 1. The Labute approximate surface area is 130 Å². The fourth-order valence-corrected chi connectivity index (χ4v) is 1.78. The Morgan fingerprint density at radius 2 is 1.82 bits per heavy atom. The van der Waals surface area contributed by atoms with Gasteiger partial charge >= 0.3 is 12.1 Å². The molecule has 1 amide bonds. The first kappa shape index (κ1) is 18.0. The van der Waals surface area contributed by atoms with Crippen LogP contribution in [0.5, 0.6) is 0 Å². The van der Waals surface area contributed by atoms with Crippen molar-refractivity contribution in [1.29, 1.82) is 0 Å². The number of rotatable bonds is 5. The molecule has 0 aliphatic carbocycles. The number of aliphatic hydroxyl groups excluding tert-OH is 1. The summed E-state index contributed by atoms with van der Waals surface area (Å²) in [4.78, 5) is 23.9. The quantitative estimate of drug-likeness (QED) is 0.814. The summed E-state index contributed by atoms with van der Waals surface area (Å²) in [6, 6.07) is 7.33. The summed E-state index contributed by atoms with van der Waals surface area (Å²) in [5.41, 5.74) is -0.210. The van der Waals surface area contributed by atoms with Crippen molar-refractivity contribution in [2.24, 2.45) is 0 Å². The van der Waals surface area contributed by atoms with E-state index in [0.29, 0.717) is 5.56 Å². The zero-order chi connectivity index (χ0) is 16.8. The number of nitrogens with one attached hydrogen (secondary N) is 1. The van der Waals surface area contributed by atoms with E-state index in [4.69, 9.17) is 9.47 Å². The van der Waals surface area contributed by atoms with Gasteiger partial charge in [-0.15, -0.1) is 0 Å². The van der Waals surface area contributed by atoms with Crippen molar-refractivity contribution in [2.45, 2.75) is 45.4 Å². The summed E-state index contributed by atoms with van der Waals surface area (Å²) >= 11 is 0. The van der Waals surface area contributed by atoms with Crippen LogP contribution in [-0.2, 0) is 14.3 Å². The van der Waals surface area contributed by atoms with Gasteiger partial charge in [-0.25, -0.2) is 9.59 Å². The Kier molecular flexibility index (Phi) is 6.37. The Balaban J connectivity index is 2.89. The number of benzene rings is 1. The lowest BCUT2D eigenvalue weighted by Crippen LogP contribution is -2.47. The zero-order valence-electron chi connectivity index (χ0n) is 13.3. The highest BCUT2D eigenvalue weighted by Crippen LogP contribution is 2.18. The van der Waals surface area contributed by atoms with Crippen LogP contribution in [0.25, 0.3) is 0 Å². The standard InChI is InChI=1S/C16H23NO5/c1-5-21-14(19)12(17-15(20)22-16(2,3)4)13(18)11-9-7-6-8-10-11/h6-10,12-13,18H,5H2,1-4H3,(H,17,20)/t12-,13+/m1/s1. The maximum Gasteiger partial charge on any atom is 0.408 e. The molecule has 122 valence electrons. The van der Waals surface area contributed by atoms with Crippen LogP contribution in [0.1, 0.15) is 39.4 Å². The molecule has 0 saturated heterocycles. The van der Waals surface area contributed by atoms with Gasteiger partial charge in [-0.2, -0.15) is 0 Å². The van der Waals surface area contributed by atoms with Crippen LogP contribution in [-0.4, -0.2) is 35.4 Å². The van der Waals surface area contributed by atoms with Gasteiger partial charge in [0.05, 0.1) is 6.61 Å². The van der Waals surface area contributed by atoms with Crippen LogP contribution in [0.2, 0.25) is 0 Å². The smallest absolute Gasteiger partial charge is 0.408 e. The van der Waals surface area contributed by atoms with Crippen LogP contribution in [0.15, 0.2) is 30.3 Å². The highest BCUT2D eigenvalue weighted by atomic mass is 16.6. The zero-order valence-corrected chi connectivity index (χ0v) is 13.3. The number of esters is 1. The number of carbonyl (C=O) groups is 2. The molecule has 0 aliphatic heterocycles. The Morgan fingerprint density at radius 1 is 1.23 bits per heavy atom. The third kappa shape index (κ3) is 5.73. The minimum atomic E-state index is -1.24. The van der Waals surface area contributed by atoms with E-state index >= 15 is 0 Å². The van der Waals surface area contributed by atoms with Crippen molar-refractivity contribution in [3.05, 3.63) is 35.9 Å². The molecule has 1 rings (SSSR count). The average Bonchev–Trinajstić information content (AvgIpc) is 2.43. The summed E-state index contributed by atoms with van der Waals surface area (Å²) in [6.07, 6.45) is -2.02. The highest BCUT2D eigenvalue weighted by molar-refractivity contribution is 5.82. The van der Waals surface area contributed by atoms with Crippen LogP contribution in [0.4, 0.5) is 4.79 Å². The lowest BCUT2D eigenvalue weighted by Gasteiger charge is -2.25. The fraction of sp³-hybridized carbons (Fsp3) is 0.500. The first-order valence-electron chi connectivity index (χ1n) is 7.13. The monoisotopic (exact) mass is 309 g/mol. The van der Waals surface area contributed by atoms with E-state index < -0.39 is 29.8 Å². The van der Waals surface area contributed by atoms with Crippen molar-refractivity contribution < 1.29 is 24.2 Å². The summed E-state index contributed by atoms with van der Waals surface area (Å²) < 4.78 is 10.0. The summed E-state index contributed by atoms with van der Waals surface area (Å²) in [5.74, 6) is -0.718. The lowest BCUT2D eigenvalue weighted by molar-refractivity contribution is -0.148. The van der Waals surface area contributed by atoms with Gasteiger partial charge in [0.2, 0.25) is 0 Å². The Morgan fingerprint density at radius 3 is 2.32 bits per heavy atom. The normalized spacial score (nSPS) is 13.9. The molecule has 0 fully saturated rings. The summed E-state index contributed by atoms with van der Waals surface area (Å²) in [5, 5.41) is 12.7. The number of ether oxygens (including phenoxy) is 2. The van der Waals surface area contributed by atoms with Crippen molar-refractivity contribution in [2.75, 3.05) is 6.61 Å². The SMILES string of the molecule is CCOC(=O)[C@H](NC(=O)OC(C)(C)C)[C@@H](O)c1ccccc1. The molecule has 1 aromatic carbocycles. The molecule has 0 heterocycles. The number of hydrogen-bond acceptors (Lipinski definition) is 5. The van der Waals surface area contributed by atoms with E-state index in [2.05, 4.69) is 5.32 Å². The van der Waals surface area contributed by atoms with Gasteiger partial charge in [-0.3, -0.25) is 0 Å².